The summed E-state index contributed by atoms with van der Waals surface area (Å²) in [6.45, 7) is 2.09. The molecule has 1 atom stereocenters. The van der Waals surface area contributed by atoms with E-state index in [4.69, 9.17) is 5.26 Å². The third-order valence-corrected chi connectivity index (χ3v) is 3.48. The summed E-state index contributed by atoms with van der Waals surface area (Å²) in [7, 11) is 0. The van der Waals surface area contributed by atoms with Crippen molar-refractivity contribution in [3.05, 3.63) is 23.8 Å². The first-order valence-electron chi connectivity index (χ1n) is 6.10. The minimum Gasteiger partial charge on any atom is -0.374 e. The van der Waals surface area contributed by atoms with Gasteiger partial charge in [-0.25, -0.2) is 0 Å². The number of nitriles is 1. The van der Waals surface area contributed by atoms with Gasteiger partial charge >= 0.3 is 0 Å². The van der Waals surface area contributed by atoms with Crippen LogP contribution >= 0.6 is 0 Å². The maximum Gasteiger partial charge on any atom is 0.246 e. The number of benzene rings is 1. The lowest BCUT2D eigenvalue weighted by Gasteiger charge is -2.34. The highest BCUT2D eigenvalue weighted by Crippen LogP contribution is 2.33. The average Bonchev–Trinajstić information content (AvgIpc) is 2.91. The van der Waals surface area contributed by atoms with E-state index < -0.39 is 0 Å². The van der Waals surface area contributed by atoms with E-state index >= 15 is 0 Å². The molecule has 0 saturated carbocycles. The topological polar surface area (TPSA) is 68.2 Å². The number of anilines is 2. The van der Waals surface area contributed by atoms with Crippen LogP contribution < -0.4 is 15.5 Å². The fraction of sp³-hybridized carbons (Fsp3) is 0.385. The molecule has 2 heterocycles. The zero-order valence-corrected chi connectivity index (χ0v) is 9.94. The number of carbonyl (C=O) groups is 1. The molecule has 3 rings (SSSR count). The molecule has 0 bridgehead atoms. The SMILES string of the molecule is N#Cc1ccc2c(c1)N(C1CCNC1)C(=O)CN2. The number of hydrogen-bond acceptors (Lipinski definition) is 4. The van der Waals surface area contributed by atoms with Crippen LogP contribution in [0.25, 0.3) is 0 Å². The Morgan fingerprint density at radius 3 is 3.06 bits per heavy atom. The second-order valence-electron chi connectivity index (χ2n) is 4.61. The normalized spacial score (nSPS) is 22.3. The molecular formula is C13H14N4O. The second-order valence-corrected chi connectivity index (χ2v) is 4.61. The first-order chi connectivity index (χ1) is 8.79. The summed E-state index contributed by atoms with van der Waals surface area (Å²) in [6.07, 6.45) is 0.960. The highest BCUT2D eigenvalue weighted by molar-refractivity contribution is 6.03. The van der Waals surface area contributed by atoms with Crippen molar-refractivity contribution in [1.29, 1.82) is 5.26 Å². The van der Waals surface area contributed by atoms with Crippen molar-refractivity contribution in [3.63, 3.8) is 0 Å². The fourth-order valence-corrected chi connectivity index (χ4v) is 2.60. The number of amides is 1. The summed E-state index contributed by atoms with van der Waals surface area (Å²) in [5, 5.41) is 15.3. The van der Waals surface area contributed by atoms with Crippen LogP contribution in [0.1, 0.15) is 12.0 Å². The number of rotatable bonds is 1. The van der Waals surface area contributed by atoms with Crippen molar-refractivity contribution in [1.82, 2.24) is 5.32 Å². The summed E-state index contributed by atoms with van der Waals surface area (Å²) in [5.74, 6) is 0.0753. The number of hydrogen-bond donors (Lipinski definition) is 2. The van der Waals surface area contributed by atoms with E-state index in [0.717, 1.165) is 30.9 Å². The van der Waals surface area contributed by atoms with E-state index in [2.05, 4.69) is 16.7 Å². The van der Waals surface area contributed by atoms with Crippen molar-refractivity contribution in [3.8, 4) is 6.07 Å². The fourth-order valence-electron chi connectivity index (χ4n) is 2.60. The highest BCUT2D eigenvalue weighted by Gasteiger charge is 2.32. The van der Waals surface area contributed by atoms with Gasteiger partial charge in [0, 0.05) is 6.54 Å². The molecule has 0 aromatic heterocycles. The molecule has 0 aliphatic carbocycles. The maximum absolute atomic E-state index is 12.1. The Bertz CT molecular complexity index is 528. The molecule has 2 aliphatic rings. The van der Waals surface area contributed by atoms with Crippen LogP contribution in [-0.4, -0.2) is 31.6 Å². The molecule has 18 heavy (non-hydrogen) atoms. The molecule has 1 saturated heterocycles. The zero-order chi connectivity index (χ0) is 12.5. The zero-order valence-electron chi connectivity index (χ0n) is 9.94. The Labute approximate surface area is 105 Å². The number of nitrogens with one attached hydrogen (secondary N) is 2. The first-order valence-corrected chi connectivity index (χ1v) is 6.10. The number of fused-ring (bicyclic) bond motifs is 1. The van der Waals surface area contributed by atoms with Crippen LogP contribution in [0.3, 0.4) is 0 Å². The lowest BCUT2D eigenvalue weighted by molar-refractivity contribution is -0.117. The lowest BCUT2D eigenvalue weighted by atomic mass is 10.1. The van der Waals surface area contributed by atoms with Crippen molar-refractivity contribution < 1.29 is 4.79 Å². The van der Waals surface area contributed by atoms with Gasteiger partial charge in [-0.05, 0) is 31.2 Å². The summed E-state index contributed by atoms with van der Waals surface area (Å²) >= 11 is 0. The molecule has 2 aliphatic heterocycles. The largest absolute Gasteiger partial charge is 0.374 e. The minimum absolute atomic E-state index is 0.0753. The van der Waals surface area contributed by atoms with Gasteiger partial charge in [0.2, 0.25) is 5.91 Å². The first kappa shape index (κ1) is 11.1. The Morgan fingerprint density at radius 2 is 2.33 bits per heavy atom. The van der Waals surface area contributed by atoms with Gasteiger partial charge in [-0.3, -0.25) is 4.79 Å². The van der Waals surface area contributed by atoms with Crippen LogP contribution in [0.4, 0.5) is 11.4 Å². The van der Waals surface area contributed by atoms with Gasteiger partial charge in [-0.2, -0.15) is 5.26 Å². The number of nitrogens with zero attached hydrogens (tertiary/aromatic N) is 2. The predicted molar refractivity (Wildman–Crippen MR) is 68.4 cm³/mol. The molecule has 5 nitrogen and oxygen atoms in total. The highest BCUT2D eigenvalue weighted by atomic mass is 16.2. The smallest absolute Gasteiger partial charge is 0.246 e. The summed E-state index contributed by atoms with van der Waals surface area (Å²) in [5.41, 5.74) is 2.35. The van der Waals surface area contributed by atoms with Crippen LogP contribution in [0.5, 0.6) is 0 Å². The Balaban J connectivity index is 2.04. The molecule has 1 aromatic carbocycles. The Kier molecular flexibility index (Phi) is 2.65. The molecule has 1 unspecified atom stereocenters. The molecule has 0 radical (unpaired) electrons. The Hall–Kier alpha value is -2.06. The monoisotopic (exact) mass is 242 g/mol. The van der Waals surface area contributed by atoms with E-state index in [9.17, 15) is 4.79 Å². The van der Waals surface area contributed by atoms with Crippen molar-refractivity contribution in [2.45, 2.75) is 12.5 Å². The molecule has 0 spiro atoms. The van der Waals surface area contributed by atoms with E-state index in [1.54, 1.807) is 12.1 Å². The van der Waals surface area contributed by atoms with Crippen LogP contribution in [0.2, 0.25) is 0 Å². The third-order valence-electron chi connectivity index (χ3n) is 3.48. The standard InChI is InChI=1S/C13H14N4O/c14-6-9-1-2-11-12(5-9)17(13(18)8-16-11)10-3-4-15-7-10/h1-2,5,10,15-16H,3-4,7-8H2. The van der Waals surface area contributed by atoms with Crippen molar-refractivity contribution in [2.24, 2.45) is 0 Å². The van der Waals surface area contributed by atoms with Gasteiger partial charge in [0.15, 0.2) is 0 Å². The van der Waals surface area contributed by atoms with Crippen molar-refractivity contribution >= 4 is 17.3 Å². The maximum atomic E-state index is 12.1. The van der Waals surface area contributed by atoms with E-state index in [1.807, 2.05) is 11.0 Å². The van der Waals surface area contributed by atoms with Crippen LogP contribution in [0.15, 0.2) is 18.2 Å². The quantitative estimate of drug-likeness (QED) is 0.760. The van der Waals surface area contributed by atoms with E-state index in [-0.39, 0.29) is 11.9 Å². The summed E-state index contributed by atoms with van der Waals surface area (Å²) in [4.78, 5) is 13.9. The van der Waals surface area contributed by atoms with Crippen molar-refractivity contribution in [2.75, 3.05) is 29.9 Å². The molecule has 92 valence electrons. The second kappa shape index (κ2) is 4.31. The summed E-state index contributed by atoms with van der Waals surface area (Å²) < 4.78 is 0. The van der Waals surface area contributed by atoms with Gasteiger partial charge in [0.25, 0.3) is 0 Å². The summed E-state index contributed by atoms with van der Waals surface area (Å²) in [6, 6.07) is 7.75. The van der Waals surface area contributed by atoms with Gasteiger partial charge in [-0.15, -0.1) is 0 Å². The van der Waals surface area contributed by atoms with Gasteiger partial charge in [0.05, 0.1) is 35.6 Å². The molecular weight excluding hydrogens is 228 g/mol. The average molecular weight is 242 g/mol. The van der Waals surface area contributed by atoms with E-state index in [1.165, 1.54) is 0 Å². The minimum atomic E-state index is 0.0753. The number of carbonyl (C=O) groups excluding carboxylic acids is 1. The molecule has 1 fully saturated rings. The van der Waals surface area contributed by atoms with Crippen LogP contribution in [-0.2, 0) is 4.79 Å². The van der Waals surface area contributed by atoms with E-state index in [0.29, 0.717) is 12.1 Å². The van der Waals surface area contributed by atoms with Gasteiger partial charge < -0.3 is 15.5 Å². The lowest BCUT2D eigenvalue weighted by Crippen LogP contribution is -2.47. The third kappa shape index (κ3) is 1.71. The molecule has 1 aromatic rings. The molecule has 2 N–H and O–H groups in total. The van der Waals surface area contributed by atoms with Crippen LogP contribution in [0, 0.1) is 11.3 Å². The predicted octanol–water partition coefficient (Wildman–Crippen LogP) is 0.679. The van der Waals surface area contributed by atoms with Gasteiger partial charge in [-0.1, -0.05) is 0 Å². The molecule has 1 amide bonds. The molecule has 5 heteroatoms. The van der Waals surface area contributed by atoms with Gasteiger partial charge in [0.1, 0.15) is 0 Å². The Morgan fingerprint density at radius 1 is 1.44 bits per heavy atom.